The van der Waals surface area contributed by atoms with E-state index in [1.54, 1.807) is 6.20 Å². The van der Waals surface area contributed by atoms with Gasteiger partial charge in [0.05, 0.1) is 0 Å². The predicted molar refractivity (Wildman–Crippen MR) is 134 cm³/mol. The number of hydrogen-bond acceptors (Lipinski definition) is 7. The molecule has 35 heavy (non-hydrogen) atoms. The van der Waals surface area contributed by atoms with E-state index < -0.39 is 31.9 Å². The topological polar surface area (TPSA) is 84.7 Å². The number of nitrogens with zero attached hydrogens (tertiary/aromatic N) is 5. The summed E-state index contributed by atoms with van der Waals surface area (Å²) in [5.74, 6) is 0.542. The first kappa shape index (κ1) is 25.2. The Bertz CT molecular complexity index is 1290. The van der Waals surface area contributed by atoms with Crippen molar-refractivity contribution >= 4 is 48.5 Å². The number of hydrogen-bond donors (Lipinski definition) is 1. The zero-order valence-electron chi connectivity index (χ0n) is 19.5. The second kappa shape index (κ2) is 10.1. The Morgan fingerprint density at radius 3 is 2.71 bits per heavy atom. The molecule has 1 saturated heterocycles. The van der Waals surface area contributed by atoms with Crippen molar-refractivity contribution in [2.75, 3.05) is 26.3 Å². The molecule has 0 radical (unpaired) electrons. The monoisotopic (exact) mass is 588 g/mol. The second-order valence-corrected chi connectivity index (χ2v) is 14.1. The van der Waals surface area contributed by atoms with E-state index in [1.165, 1.54) is 11.9 Å². The molecule has 5 rings (SSSR count). The van der Waals surface area contributed by atoms with Gasteiger partial charge in [-0.2, -0.15) is 0 Å². The number of aromatic nitrogens is 4. The van der Waals surface area contributed by atoms with Gasteiger partial charge in [-0.1, -0.05) is 0 Å². The third-order valence-corrected chi connectivity index (χ3v) is 10.5. The van der Waals surface area contributed by atoms with Crippen molar-refractivity contribution in [3.05, 3.63) is 34.7 Å². The minimum absolute atomic E-state index is 0.0751. The molecule has 13 heteroatoms. The van der Waals surface area contributed by atoms with Gasteiger partial charge in [-0.3, -0.25) is 0 Å². The third-order valence-electron chi connectivity index (χ3n) is 5.87. The molecule has 5 heterocycles. The van der Waals surface area contributed by atoms with E-state index in [0.717, 1.165) is 28.0 Å². The summed E-state index contributed by atoms with van der Waals surface area (Å²) in [4.78, 5) is 5.53. The van der Waals surface area contributed by atoms with Crippen LogP contribution in [-0.4, -0.2) is 79.7 Å². The average molecular weight is 588 g/mol. The number of halogens is 2. The summed E-state index contributed by atoms with van der Waals surface area (Å²) < 4.78 is 51.9. The molecule has 0 saturated carbocycles. The van der Waals surface area contributed by atoms with Crippen LogP contribution in [0.1, 0.15) is 43.7 Å². The van der Waals surface area contributed by atoms with Gasteiger partial charge in [-0.25, -0.2) is 0 Å². The van der Waals surface area contributed by atoms with Gasteiger partial charge in [-0.05, 0) is 0 Å². The normalized spacial score (nSPS) is 19.3. The maximum absolute atomic E-state index is 13.2. The van der Waals surface area contributed by atoms with Gasteiger partial charge >= 0.3 is 216 Å². The zero-order chi connectivity index (χ0) is 24.7. The molecule has 2 aliphatic heterocycles. The first-order valence-corrected chi connectivity index (χ1v) is 14.9. The number of imidazole rings is 1. The van der Waals surface area contributed by atoms with Crippen LogP contribution in [0.25, 0.3) is 21.5 Å². The quantitative estimate of drug-likeness (QED) is 0.320. The number of rotatable bonds is 8. The third kappa shape index (κ3) is 5.18. The van der Waals surface area contributed by atoms with Crippen molar-refractivity contribution in [2.24, 2.45) is 0 Å². The molecular weight excluding hydrogens is 561 g/mol. The first-order chi connectivity index (χ1) is 16.7. The van der Waals surface area contributed by atoms with Crippen LogP contribution in [0.5, 0.6) is 0 Å². The van der Waals surface area contributed by atoms with Crippen LogP contribution in [0.2, 0.25) is 0 Å². The average Bonchev–Trinajstić information content (AvgIpc) is 3.48. The van der Waals surface area contributed by atoms with E-state index in [9.17, 15) is 13.0 Å². The molecule has 3 aromatic rings. The summed E-state index contributed by atoms with van der Waals surface area (Å²) in [6.45, 7) is 8.64. The number of nitrogens with one attached hydrogen (secondary N) is 1. The Hall–Kier alpha value is -1.47. The van der Waals surface area contributed by atoms with E-state index in [0.29, 0.717) is 36.7 Å². The molecule has 1 unspecified atom stereocenters. The van der Waals surface area contributed by atoms with Crippen molar-refractivity contribution in [3.8, 4) is 10.4 Å². The van der Waals surface area contributed by atoms with Crippen molar-refractivity contribution in [2.45, 2.75) is 49.3 Å². The minimum atomic E-state index is -2.61. The Morgan fingerprint density at radius 1 is 1.31 bits per heavy atom. The molecule has 0 aliphatic carbocycles. The molecule has 1 atom stereocenters. The van der Waals surface area contributed by atoms with Gasteiger partial charge < -0.3 is 0 Å². The van der Waals surface area contributed by atoms with Crippen molar-refractivity contribution in [1.82, 2.24) is 28.6 Å². The fourth-order valence-electron chi connectivity index (χ4n) is 3.96. The van der Waals surface area contributed by atoms with Gasteiger partial charge in [0.25, 0.3) is 0 Å². The molecule has 1 fully saturated rings. The van der Waals surface area contributed by atoms with Crippen LogP contribution < -0.4 is 4.72 Å². The van der Waals surface area contributed by atoms with Crippen LogP contribution in [0.4, 0.5) is 8.78 Å². The molecule has 1 N–H and O–H groups in total. The van der Waals surface area contributed by atoms with E-state index in [4.69, 9.17) is 4.74 Å². The SMILES string of the molecule is CC(C)S(=O)N1CC=C(c2cc(SNC3(C)COC3)cn3c(-c4nnc(C(F)F)[se]4)ncc23)CC1. The van der Waals surface area contributed by atoms with Gasteiger partial charge in [0.15, 0.2) is 0 Å². The van der Waals surface area contributed by atoms with Gasteiger partial charge in [0.1, 0.15) is 0 Å². The first-order valence-electron chi connectivity index (χ1n) is 11.2. The number of ether oxygens (including phenoxy) is 1. The van der Waals surface area contributed by atoms with Crippen molar-refractivity contribution in [1.29, 1.82) is 0 Å². The van der Waals surface area contributed by atoms with E-state index >= 15 is 0 Å². The molecule has 0 bridgehead atoms. The Labute approximate surface area is 215 Å². The van der Waals surface area contributed by atoms with Gasteiger partial charge in [0, 0.05) is 0 Å². The van der Waals surface area contributed by atoms with Crippen LogP contribution in [0, 0.1) is 0 Å². The predicted octanol–water partition coefficient (Wildman–Crippen LogP) is 3.33. The zero-order valence-corrected chi connectivity index (χ0v) is 22.9. The molecule has 0 amide bonds. The molecule has 8 nitrogen and oxygen atoms in total. The van der Waals surface area contributed by atoms with Crippen molar-refractivity contribution < 1.29 is 17.7 Å². The molecule has 0 spiro atoms. The van der Waals surface area contributed by atoms with Crippen LogP contribution in [0.15, 0.2) is 29.4 Å². The molecular formula is C22H26F2N6O2S2Se. The summed E-state index contributed by atoms with van der Waals surface area (Å²) in [7, 11) is -1.02. The summed E-state index contributed by atoms with van der Waals surface area (Å²) in [5.41, 5.74) is 2.97. The van der Waals surface area contributed by atoms with E-state index in [1.807, 2.05) is 28.8 Å². The van der Waals surface area contributed by atoms with Gasteiger partial charge in [0.2, 0.25) is 0 Å². The van der Waals surface area contributed by atoms with E-state index in [-0.39, 0.29) is 15.4 Å². The van der Waals surface area contributed by atoms with Crippen LogP contribution >= 0.6 is 11.9 Å². The van der Waals surface area contributed by atoms with Crippen LogP contribution in [-0.2, 0) is 15.7 Å². The molecule has 0 aromatic carbocycles. The fourth-order valence-corrected chi connectivity index (χ4v) is 7.32. The Kier molecular flexibility index (Phi) is 7.28. The fraction of sp³-hybridized carbons (Fsp3) is 0.500. The number of pyridine rings is 1. The number of alkyl halides is 2. The van der Waals surface area contributed by atoms with Gasteiger partial charge in [-0.15, -0.1) is 0 Å². The Morgan fingerprint density at radius 2 is 2.11 bits per heavy atom. The summed E-state index contributed by atoms with van der Waals surface area (Å²) in [5, 5.41) is 7.80. The Balaban J connectivity index is 1.53. The van der Waals surface area contributed by atoms with Crippen molar-refractivity contribution in [3.63, 3.8) is 0 Å². The summed E-state index contributed by atoms with van der Waals surface area (Å²) in [6, 6.07) is 2.13. The summed E-state index contributed by atoms with van der Waals surface area (Å²) in [6.07, 6.45) is 4.01. The molecule has 3 aromatic heterocycles. The number of fused-ring (bicyclic) bond motifs is 1. The standard InChI is InChI=1S/C22H26F2N6O2S2Se/c1-13(2)34(31)29-6-4-14(5-7-29)16-8-15(33-28-22(3)11-32-12-22)10-30-17(16)9-25-19(30)21-27-26-20(35-21)18(23)24/h4,8-10,13,18,28H,5-7,11-12H2,1-3H3. The van der Waals surface area contributed by atoms with E-state index in [2.05, 4.69) is 39.0 Å². The van der Waals surface area contributed by atoms with Crippen LogP contribution in [0.3, 0.4) is 0 Å². The molecule has 2 aliphatic rings. The summed E-state index contributed by atoms with van der Waals surface area (Å²) >= 11 is 0.850. The molecule has 188 valence electrons. The second-order valence-electron chi connectivity index (χ2n) is 9.12. The maximum atomic E-state index is 13.2.